The van der Waals surface area contributed by atoms with E-state index in [4.69, 9.17) is 0 Å². The maximum Gasteiger partial charge on any atom is 0.240 e. The molecule has 0 bridgehead atoms. The van der Waals surface area contributed by atoms with Gasteiger partial charge in [-0.15, -0.1) is 0 Å². The van der Waals surface area contributed by atoms with Gasteiger partial charge in [0.05, 0.1) is 12.1 Å². The summed E-state index contributed by atoms with van der Waals surface area (Å²) >= 11 is 3.30. The molecule has 1 aliphatic rings. The Bertz CT molecular complexity index is 498. The number of carbonyl (C=O) groups is 1. The molecule has 4 nitrogen and oxygen atoms in total. The third kappa shape index (κ3) is 3.56. The lowest BCUT2D eigenvalue weighted by Crippen LogP contribution is -2.43. The van der Waals surface area contributed by atoms with Crippen molar-refractivity contribution in [1.29, 1.82) is 0 Å². The molecule has 110 valence electrons. The molecule has 1 aromatic rings. The molecule has 6 heteroatoms. The number of aliphatic hydroxyl groups excluding tert-OH is 1. The molecule has 0 aromatic heterocycles. The Balaban J connectivity index is 2.08. The summed E-state index contributed by atoms with van der Waals surface area (Å²) in [5.74, 6) is -0.415. The van der Waals surface area contributed by atoms with Gasteiger partial charge in [0.2, 0.25) is 5.91 Å². The van der Waals surface area contributed by atoms with Crippen LogP contribution < -0.4 is 5.32 Å². The quantitative estimate of drug-likeness (QED) is 0.873. The summed E-state index contributed by atoms with van der Waals surface area (Å²) in [6, 6.07) is 4.32. The summed E-state index contributed by atoms with van der Waals surface area (Å²) in [5.41, 5.74) is 0.480. The lowest BCUT2D eigenvalue weighted by Gasteiger charge is -2.24. The summed E-state index contributed by atoms with van der Waals surface area (Å²) in [4.78, 5) is 13.9. The fourth-order valence-corrected chi connectivity index (χ4v) is 2.75. The first kappa shape index (κ1) is 15.4. The first-order valence-electron chi connectivity index (χ1n) is 6.65. The van der Waals surface area contributed by atoms with Crippen LogP contribution in [0.4, 0.5) is 4.39 Å². The van der Waals surface area contributed by atoms with E-state index >= 15 is 0 Å². The number of benzene rings is 1. The van der Waals surface area contributed by atoms with Crippen molar-refractivity contribution in [2.24, 2.45) is 0 Å². The molecule has 0 saturated carbocycles. The van der Waals surface area contributed by atoms with E-state index in [-0.39, 0.29) is 24.3 Å². The van der Waals surface area contributed by atoms with Gasteiger partial charge in [0.25, 0.3) is 0 Å². The molecule has 0 aliphatic carbocycles. The first-order valence-corrected chi connectivity index (χ1v) is 7.44. The second-order valence-corrected chi connectivity index (χ2v) is 5.85. The van der Waals surface area contributed by atoms with Crippen LogP contribution in [0.15, 0.2) is 22.7 Å². The Labute approximate surface area is 126 Å². The lowest BCUT2D eigenvalue weighted by molar-refractivity contribution is -0.133. The number of aliphatic hydroxyl groups is 1. The maximum absolute atomic E-state index is 13.8. The number of rotatable bonds is 4. The van der Waals surface area contributed by atoms with Crippen LogP contribution in [0.1, 0.15) is 18.9 Å². The van der Waals surface area contributed by atoms with E-state index in [2.05, 4.69) is 21.2 Å². The monoisotopic (exact) mass is 344 g/mol. The highest BCUT2D eigenvalue weighted by atomic mass is 79.9. The summed E-state index contributed by atoms with van der Waals surface area (Å²) in [6.07, 6.45) is -0.0682. The van der Waals surface area contributed by atoms with Gasteiger partial charge in [-0.3, -0.25) is 4.79 Å². The first-order chi connectivity index (χ1) is 9.51. The molecular weight excluding hydrogens is 327 g/mol. The molecule has 0 radical (unpaired) electrons. The largest absolute Gasteiger partial charge is 0.392 e. The highest BCUT2D eigenvalue weighted by Crippen LogP contribution is 2.18. The number of nitrogens with zero attached hydrogens (tertiary/aromatic N) is 1. The van der Waals surface area contributed by atoms with E-state index in [9.17, 15) is 14.3 Å². The van der Waals surface area contributed by atoms with Crippen molar-refractivity contribution in [3.63, 3.8) is 0 Å². The standard InChI is InChI=1S/C14H18BrFN2O2/c1-2-18(14(20)13-6-11(19)7-17-13)8-9-5-10(15)3-4-12(9)16/h3-5,11,13,17,19H,2,6-8H2,1H3/t11-,13+/m0/s1. The zero-order valence-electron chi connectivity index (χ0n) is 11.3. The highest BCUT2D eigenvalue weighted by Gasteiger charge is 2.31. The molecule has 2 rings (SSSR count). The molecule has 1 aliphatic heterocycles. The van der Waals surface area contributed by atoms with Gasteiger partial charge in [-0.25, -0.2) is 4.39 Å². The van der Waals surface area contributed by atoms with Gasteiger partial charge in [-0.1, -0.05) is 15.9 Å². The molecular formula is C14H18BrFN2O2. The molecule has 1 amide bonds. The van der Waals surface area contributed by atoms with Gasteiger partial charge >= 0.3 is 0 Å². The van der Waals surface area contributed by atoms with Crippen LogP contribution >= 0.6 is 15.9 Å². The Morgan fingerprint density at radius 1 is 1.60 bits per heavy atom. The third-order valence-corrected chi connectivity index (χ3v) is 3.96. The van der Waals surface area contributed by atoms with Crippen LogP contribution in [0.2, 0.25) is 0 Å². The summed E-state index contributed by atoms with van der Waals surface area (Å²) in [6.45, 7) is 3.02. The summed E-state index contributed by atoms with van der Waals surface area (Å²) in [7, 11) is 0. The smallest absolute Gasteiger partial charge is 0.240 e. The van der Waals surface area contributed by atoms with Crippen molar-refractivity contribution < 1.29 is 14.3 Å². The number of halogens is 2. The van der Waals surface area contributed by atoms with Gasteiger partial charge in [-0.05, 0) is 31.5 Å². The van der Waals surface area contributed by atoms with Crippen LogP contribution in [0.25, 0.3) is 0 Å². The number of amides is 1. The second-order valence-electron chi connectivity index (χ2n) is 4.94. The summed E-state index contributed by atoms with van der Waals surface area (Å²) in [5, 5.41) is 12.5. The van der Waals surface area contributed by atoms with Gasteiger partial charge in [-0.2, -0.15) is 0 Å². The second kappa shape index (κ2) is 6.65. The predicted molar refractivity (Wildman–Crippen MR) is 77.6 cm³/mol. The van der Waals surface area contributed by atoms with Crippen molar-refractivity contribution >= 4 is 21.8 Å². The van der Waals surface area contributed by atoms with Crippen LogP contribution in [0.5, 0.6) is 0 Å². The Morgan fingerprint density at radius 3 is 2.95 bits per heavy atom. The van der Waals surface area contributed by atoms with Crippen molar-refractivity contribution in [2.45, 2.75) is 32.0 Å². The third-order valence-electron chi connectivity index (χ3n) is 3.47. The molecule has 2 N–H and O–H groups in total. The molecule has 1 aromatic carbocycles. The van der Waals surface area contributed by atoms with E-state index in [0.29, 0.717) is 25.1 Å². The molecule has 1 saturated heterocycles. The van der Waals surface area contributed by atoms with Gasteiger partial charge < -0.3 is 15.3 Å². The van der Waals surface area contributed by atoms with Crippen molar-refractivity contribution in [1.82, 2.24) is 10.2 Å². The van der Waals surface area contributed by atoms with E-state index in [1.807, 2.05) is 6.92 Å². The Kier molecular flexibility index (Phi) is 5.12. The fourth-order valence-electron chi connectivity index (χ4n) is 2.34. The fraction of sp³-hybridized carbons (Fsp3) is 0.500. The maximum atomic E-state index is 13.8. The minimum Gasteiger partial charge on any atom is -0.392 e. The number of hydrogen-bond donors (Lipinski definition) is 2. The molecule has 20 heavy (non-hydrogen) atoms. The zero-order valence-corrected chi connectivity index (χ0v) is 12.9. The Hall–Kier alpha value is -0.980. The number of β-amino-alcohol motifs (C(OH)–C–C–N with tert-alkyl or cyclic N) is 1. The summed E-state index contributed by atoms with van der Waals surface area (Å²) < 4.78 is 14.5. The van der Waals surface area contributed by atoms with Crippen molar-refractivity contribution in [3.05, 3.63) is 34.1 Å². The predicted octanol–water partition coefficient (Wildman–Crippen LogP) is 1.66. The molecule has 1 heterocycles. The minimum atomic E-state index is -0.481. The van der Waals surface area contributed by atoms with E-state index in [0.717, 1.165) is 4.47 Å². The van der Waals surface area contributed by atoms with Crippen LogP contribution in [0, 0.1) is 5.82 Å². The lowest BCUT2D eigenvalue weighted by atomic mass is 10.1. The number of likely N-dealkylation sites (N-methyl/N-ethyl adjacent to an activating group) is 1. The average Bonchev–Trinajstić information content (AvgIpc) is 2.85. The molecule has 0 unspecified atom stereocenters. The number of hydrogen-bond acceptors (Lipinski definition) is 3. The van der Waals surface area contributed by atoms with Crippen molar-refractivity contribution in [2.75, 3.05) is 13.1 Å². The van der Waals surface area contributed by atoms with Crippen LogP contribution in [0.3, 0.4) is 0 Å². The average molecular weight is 345 g/mol. The SMILES string of the molecule is CCN(Cc1cc(Br)ccc1F)C(=O)[C@H]1C[C@H](O)CN1. The zero-order chi connectivity index (χ0) is 14.7. The van der Waals surface area contributed by atoms with Crippen LogP contribution in [-0.4, -0.2) is 41.1 Å². The van der Waals surface area contributed by atoms with Crippen molar-refractivity contribution in [3.8, 4) is 0 Å². The highest BCUT2D eigenvalue weighted by molar-refractivity contribution is 9.10. The minimum absolute atomic E-state index is 0.0941. The van der Waals surface area contributed by atoms with Gasteiger partial charge in [0, 0.05) is 29.7 Å². The van der Waals surface area contributed by atoms with Gasteiger partial charge in [0.15, 0.2) is 0 Å². The number of nitrogens with one attached hydrogen (secondary N) is 1. The molecule has 2 atom stereocenters. The number of carbonyl (C=O) groups excluding carboxylic acids is 1. The Morgan fingerprint density at radius 2 is 2.35 bits per heavy atom. The van der Waals surface area contributed by atoms with Gasteiger partial charge in [0.1, 0.15) is 5.82 Å². The molecule has 0 spiro atoms. The van der Waals surface area contributed by atoms with E-state index < -0.39 is 6.10 Å². The normalized spacial score (nSPS) is 22.0. The molecule has 1 fully saturated rings. The van der Waals surface area contributed by atoms with Crippen LogP contribution in [-0.2, 0) is 11.3 Å². The van der Waals surface area contributed by atoms with E-state index in [1.54, 1.807) is 17.0 Å². The van der Waals surface area contributed by atoms with E-state index in [1.165, 1.54) is 6.07 Å². The topological polar surface area (TPSA) is 52.6 Å².